The maximum absolute atomic E-state index is 5.30. The number of hydrogen-bond acceptors (Lipinski definition) is 2. The third kappa shape index (κ3) is 2.75. The molecule has 0 saturated carbocycles. The Kier molecular flexibility index (Phi) is 4.56. The highest BCUT2D eigenvalue weighted by Crippen LogP contribution is 1.88. The zero-order valence-corrected chi connectivity index (χ0v) is 5.65. The second kappa shape index (κ2) is 4.78. The monoisotopic (exact) mass is 114 g/mol. The molecule has 0 rings (SSSR count). The summed E-state index contributed by atoms with van der Waals surface area (Å²) in [4.78, 5) is 4.03. The van der Waals surface area contributed by atoms with Crippen LogP contribution < -0.4 is 5.73 Å². The summed E-state index contributed by atoms with van der Waals surface area (Å²) in [6, 6.07) is 0. The van der Waals surface area contributed by atoms with E-state index in [0.717, 1.165) is 19.4 Å². The van der Waals surface area contributed by atoms with Crippen LogP contribution in [0.5, 0.6) is 0 Å². The van der Waals surface area contributed by atoms with Crippen molar-refractivity contribution in [3.05, 3.63) is 0 Å². The van der Waals surface area contributed by atoms with Gasteiger partial charge in [0, 0.05) is 12.8 Å². The van der Waals surface area contributed by atoms with E-state index in [9.17, 15) is 0 Å². The fourth-order valence-electron chi connectivity index (χ4n) is 0.613. The van der Waals surface area contributed by atoms with E-state index in [-0.39, 0.29) is 0 Å². The Morgan fingerprint density at radius 3 is 2.38 bits per heavy atom. The van der Waals surface area contributed by atoms with Crippen molar-refractivity contribution in [1.82, 2.24) is 0 Å². The lowest BCUT2D eigenvalue weighted by atomic mass is 10.2. The number of rotatable bonds is 3. The summed E-state index contributed by atoms with van der Waals surface area (Å²) in [6.07, 6.45) is 1.99. The van der Waals surface area contributed by atoms with Crippen molar-refractivity contribution in [2.75, 3.05) is 13.6 Å². The molecule has 0 spiro atoms. The van der Waals surface area contributed by atoms with E-state index < -0.39 is 0 Å². The maximum atomic E-state index is 5.30. The van der Waals surface area contributed by atoms with Gasteiger partial charge in [-0.15, -0.1) is 0 Å². The number of nitrogens with two attached hydrogens (primary N) is 1. The van der Waals surface area contributed by atoms with Gasteiger partial charge in [-0.1, -0.05) is 6.92 Å². The van der Waals surface area contributed by atoms with E-state index in [2.05, 4.69) is 11.9 Å². The van der Waals surface area contributed by atoms with Crippen molar-refractivity contribution in [2.45, 2.75) is 19.8 Å². The summed E-state index contributed by atoms with van der Waals surface area (Å²) in [5.41, 5.74) is 6.52. The molecule has 2 N–H and O–H groups in total. The molecule has 0 bridgehead atoms. The normalized spacial score (nSPS) is 12.1. The zero-order chi connectivity index (χ0) is 6.41. The van der Waals surface area contributed by atoms with E-state index in [0.29, 0.717) is 0 Å². The van der Waals surface area contributed by atoms with Gasteiger partial charge in [-0.3, -0.25) is 4.99 Å². The lowest BCUT2D eigenvalue weighted by Crippen LogP contribution is -2.06. The first-order valence-electron chi connectivity index (χ1n) is 2.99. The summed E-state index contributed by atoms with van der Waals surface area (Å²) < 4.78 is 0. The molecule has 0 aliphatic carbocycles. The quantitative estimate of drug-likeness (QED) is 0.542. The smallest absolute Gasteiger partial charge is 0.0276 e. The van der Waals surface area contributed by atoms with Gasteiger partial charge in [0.15, 0.2) is 0 Å². The predicted octanol–water partition coefficient (Wildman–Crippen LogP) is 0.816. The topological polar surface area (TPSA) is 38.4 Å². The van der Waals surface area contributed by atoms with Crippen molar-refractivity contribution in [3.63, 3.8) is 0 Å². The summed E-state index contributed by atoms with van der Waals surface area (Å²) in [7, 11) is 1.81. The second-order valence-corrected chi connectivity index (χ2v) is 1.68. The molecular weight excluding hydrogens is 100 g/mol. The Balaban J connectivity index is 3.38. The van der Waals surface area contributed by atoms with Crippen LogP contribution in [0.2, 0.25) is 0 Å². The van der Waals surface area contributed by atoms with Crippen molar-refractivity contribution in [2.24, 2.45) is 10.7 Å². The molecule has 2 nitrogen and oxygen atoms in total. The van der Waals surface area contributed by atoms with E-state index in [1.165, 1.54) is 5.71 Å². The molecule has 0 amide bonds. The van der Waals surface area contributed by atoms with E-state index >= 15 is 0 Å². The molecule has 2 heteroatoms. The standard InChI is InChI=1S/C6H14N2/c1-3-6(8-2)4-5-7/h3-5,7H2,1-2H3. The van der Waals surface area contributed by atoms with Crippen LogP contribution in [0, 0.1) is 0 Å². The van der Waals surface area contributed by atoms with Crippen LogP contribution in [0.4, 0.5) is 0 Å². The van der Waals surface area contributed by atoms with Crippen LogP contribution in [0.25, 0.3) is 0 Å². The Hall–Kier alpha value is -0.370. The van der Waals surface area contributed by atoms with Gasteiger partial charge in [0.2, 0.25) is 0 Å². The van der Waals surface area contributed by atoms with Gasteiger partial charge in [-0.25, -0.2) is 0 Å². The molecule has 8 heavy (non-hydrogen) atoms. The van der Waals surface area contributed by atoms with Crippen LogP contribution in [0.15, 0.2) is 4.99 Å². The Morgan fingerprint density at radius 2 is 2.25 bits per heavy atom. The van der Waals surface area contributed by atoms with Crippen molar-refractivity contribution >= 4 is 5.71 Å². The SMILES string of the molecule is CCC(CCN)=NC. The minimum absolute atomic E-state index is 0.723. The molecular formula is C6H14N2. The van der Waals surface area contributed by atoms with Gasteiger partial charge in [0.25, 0.3) is 0 Å². The summed E-state index contributed by atoms with van der Waals surface area (Å²) in [5.74, 6) is 0. The first-order valence-corrected chi connectivity index (χ1v) is 2.99. The molecule has 48 valence electrons. The molecule has 0 saturated heterocycles. The second-order valence-electron chi connectivity index (χ2n) is 1.68. The van der Waals surface area contributed by atoms with Gasteiger partial charge < -0.3 is 5.73 Å². The third-order valence-electron chi connectivity index (χ3n) is 1.16. The van der Waals surface area contributed by atoms with Crippen LogP contribution in [-0.2, 0) is 0 Å². The van der Waals surface area contributed by atoms with Crippen molar-refractivity contribution in [3.8, 4) is 0 Å². The predicted molar refractivity (Wildman–Crippen MR) is 37.3 cm³/mol. The highest BCUT2D eigenvalue weighted by molar-refractivity contribution is 5.84. The summed E-state index contributed by atoms with van der Waals surface area (Å²) in [6.45, 7) is 2.82. The molecule has 0 aromatic carbocycles. The molecule has 0 fully saturated rings. The average Bonchev–Trinajstić information content (AvgIpc) is 1.83. The highest BCUT2D eigenvalue weighted by Gasteiger charge is 1.89. The minimum Gasteiger partial charge on any atom is -0.330 e. The number of hydrogen-bond donors (Lipinski definition) is 1. The molecule has 0 aromatic rings. The highest BCUT2D eigenvalue weighted by atomic mass is 14.7. The van der Waals surface area contributed by atoms with E-state index in [1.807, 2.05) is 7.05 Å². The molecule has 0 heterocycles. The molecule has 0 aliphatic heterocycles. The van der Waals surface area contributed by atoms with Crippen LogP contribution in [-0.4, -0.2) is 19.3 Å². The average molecular weight is 114 g/mol. The molecule has 0 unspecified atom stereocenters. The fourth-order valence-corrected chi connectivity index (χ4v) is 0.613. The van der Waals surface area contributed by atoms with Crippen LogP contribution >= 0.6 is 0 Å². The first kappa shape index (κ1) is 7.63. The first-order chi connectivity index (χ1) is 3.85. The fraction of sp³-hybridized carbons (Fsp3) is 0.833. The third-order valence-corrected chi connectivity index (χ3v) is 1.16. The van der Waals surface area contributed by atoms with Crippen molar-refractivity contribution < 1.29 is 0 Å². The maximum Gasteiger partial charge on any atom is 0.0276 e. The lowest BCUT2D eigenvalue weighted by Gasteiger charge is -1.96. The van der Waals surface area contributed by atoms with Crippen molar-refractivity contribution in [1.29, 1.82) is 0 Å². The van der Waals surface area contributed by atoms with Gasteiger partial charge in [-0.05, 0) is 19.4 Å². The van der Waals surface area contributed by atoms with Crippen LogP contribution in [0.3, 0.4) is 0 Å². The number of aliphatic imine (C=N–C) groups is 1. The molecule has 0 aliphatic rings. The van der Waals surface area contributed by atoms with Gasteiger partial charge in [0.05, 0.1) is 0 Å². The summed E-state index contributed by atoms with van der Waals surface area (Å²) >= 11 is 0. The minimum atomic E-state index is 0.723. The van der Waals surface area contributed by atoms with Crippen LogP contribution in [0.1, 0.15) is 19.8 Å². The van der Waals surface area contributed by atoms with E-state index in [4.69, 9.17) is 5.73 Å². The molecule has 0 aromatic heterocycles. The molecule has 0 atom stereocenters. The Morgan fingerprint density at radius 1 is 1.62 bits per heavy atom. The van der Waals surface area contributed by atoms with Gasteiger partial charge >= 0.3 is 0 Å². The Bertz CT molecular complexity index is 76.6. The van der Waals surface area contributed by atoms with E-state index in [1.54, 1.807) is 0 Å². The lowest BCUT2D eigenvalue weighted by molar-refractivity contribution is 1.00. The summed E-state index contributed by atoms with van der Waals surface area (Å²) in [5, 5.41) is 0. The number of nitrogens with zero attached hydrogens (tertiary/aromatic N) is 1. The van der Waals surface area contributed by atoms with Gasteiger partial charge in [0.1, 0.15) is 0 Å². The van der Waals surface area contributed by atoms with Gasteiger partial charge in [-0.2, -0.15) is 0 Å². The Labute approximate surface area is 50.8 Å². The molecule has 0 radical (unpaired) electrons. The largest absolute Gasteiger partial charge is 0.330 e. The zero-order valence-electron chi connectivity index (χ0n) is 5.65.